The first-order chi connectivity index (χ1) is 15.3. The van der Waals surface area contributed by atoms with Crippen LogP contribution in [0.5, 0.6) is 5.75 Å². The van der Waals surface area contributed by atoms with Gasteiger partial charge in [-0.05, 0) is 62.0 Å². The second kappa shape index (κ2) is 8.86. The van der Waals surface area contributed by atoms with Crippen LogP contribution in [-0.4, -0.2) is 33.1 Å². The highest BCUT2D eigenvalue weighted by atomic mass is 16.3. The molecule has 4 heteroatoms. The molecule has 1 aliphatic heterocycles. The molecule has 1 saturated heterocycles. The fourth-order valence-electron chi connectivity index (χ4n) is 4.81. The van der Waals surface area contributed by atoms with Gasteiger partial charge in [-0.15, -0.1) is 0 Å². The molecule has 1 atom stereocenters. The summed E-state index contributed by atoms with van der Waals surface area (Å²) < 4.78 is 0. The monoisotopic (exact) mass is 409 g/mol. The number of benzene rings is 2. The molecule has 4 nitrogen and oxygen atoms in total. The zero-order valence-corrected chi connectivity index (χ0v) is 17.6. The largest absolute Gasteiger partial charge is 0.505 e. The van der Waals surface area contributed by atoms with Gasteiger partial charge in [0.1, 0.15) is 11.3 Å². The lowest BCUT2D eigenvalue weighted by Crippen LogP contribution is -2.38. The first-order valence-electron chi connectivity index (χ1n) is 11.0. The second-order valence-corrected chi connectivity index (χ2v) is 8.40. The van der Waals surface area contributed by atoms with Crippen LogP contribution in [0.1, 0.15) is 35.7 Å². The maximum Gasteiger partial charge on any atom is 0.146 e. The Kier molecular flexibility index (Phi) is 5.63. The number of phenols is 1. The van der Waals surface area contributed by atoms with Crippen LogP contribution in [0.3, 0.4) is 0 Å². The topological polar surface area (TPSA) is 49.3 Å². The van der Waals surface area contributed by atoms with Crippen LogP contribution < -0.4 is 0 Å². The first kappa shape index (κ1) is 19.7. The van der Waals surface area contributed by atoms with E-state index in [2.05, 4.69) is 57.3 Å². The van der Waals surface area contributed by atoms with Crippen LogP contribution >= 0.6 is 0 Å². The minimum atomic E-state index is -0.0784. The number of rotatable bonds is 5. The van der Waals surface area contributed by atoms with Crippen molar-refractivity contribution in [3.63, 3.8) is 0 Å². The number of phenolic OH excluding ortho intramolecular Hbond substituents is 1. The minimum Gasteiger partial charge on any atom is -0.505 e. The highest BCUT2D eigenvalue weighted by molar-refractivity contribution is 5.85. The van der Waals surface area contributed by atoms with Crippen molar-refractivity contribution >= 4 is 10.9 Å². The van der Waals surface area contributed by atoms with E-state index in [0.29, 0.717) is 11.4 Å². The highest BCUT2D eigenvalue weighted by Gasteiger charge is 2.30. The quantitative estimate of drug-likeness (QED) is 0.481. The van der Waals surface area contributed by atoms with Crippen molar-refractivity contribution in [3.8, 4) is 5.75 Å². The summed E-state index contributed by atoms with van der Waals surface area (Å²) in [5.41, 5.74) is 3.92. The fourth-order valence-corrected chi connectivity index (χ4v) is 4.81. The van der Waals surface area contributed by atoms with E-state index >= 15 is 0 Å². The first-order valence-corrected chi connectivity index (χ1v) is 11.0. The fraction of sp³-hybridized carbons (Fsp3) is 0.259. The Bertz CT molecular complexity index is 1140. The molecule has 156 valence electrons. The highest BCUT2D eigenvalue weighted by Crippen LogP contribution is 2.39. The number of piperidine rings is 1. The molecule has 1 unspecified atom stereocenters. The molecule has 1 N–H and O–H groups in total. The minimum absolute atomic E-state index is 0.0784. The van der Waals surface area contributed by atoms with Gasteiger partial charge in [0.15, 0.2) is 0 Å². The molecule has 2 aromatic heterocycles. The molecule has 0 aliphatic carbocycles. The van der Waals surface area contributed by atoms with Crippen LogP contribution in [0.2, 0.25) is 0 Å². The van der Waals surface area contributed by atoms with Crippen molar-refractivity contribution in [3.05, 3.63) is 102 Å². The number of fused-ring (bicyclic) bond motifs is 1. The van der Waals surface area contributed by atoms with E-state index in [-0.39, 0.29) is 11.8 Å². The van der Waals surface area contributed by atoms with Crippen molar-refractivity contribution < 1.29 is 5.11 Å². The third-order valence-corrected chi connectivity index (χ3v) is 6.42. The van der Waals surface area contributed by atoms with E-state index in [9.17, 15) is 5.11 Å². The Labute approximate surface area is 183 Å². The van der Waals surface area contributed by atoms with Gasteiger partial charge in [-0.25, -0.2) is 0 Å². The van der Waals surface area contributed by atoms with E-state index in [1.165, 1.54) is 5.56 Å². The Morgan fingerprint density at radius 3 is 2.39 bits per heavy atom. The van der Waals surface area contributed by atoms with Crippen molar-refractivity contribution in [1.29, 1.82) is 0 Å². The van der Waals surface area contributed by atoms with Gasteiger partial charge in [-0.3, -0.25) is 14.9 Å². The third kappa shape index (κ3) is 4.17. The Morgan fingerprint density at radius 2 is 1.61 bits per heavy atom. The molecule has 0 amide bonds. The molecule has 0 spiro atoms. The average molecular weight is 410 g/mol. The van der Waals surface area contributed by atoms with Gasteiger partial charge in [-0.2, -0.15) is 0 Å². The summed E-state index contributed by atoms with van der Waals surface area (Å²) in [6, 6.07) is 24.7. The van der Waals surface area contributed by atoms with E-state index in [4.69, 9.17) is 0 Å². The summed E-state index contributed by atoms with van der Waals surface area (Å²) in [6.45, 7) is 1.97. The summed E-state index contributed by atoms with van der Waals surface area (Å²) in [5.74, 6) is 0.954. The maximum absolute atomic E-state index is 11.1. The van der Waals surface area contributed by atoms with Gasteiger partial charge in [0.05, 0.1) is 11.7 Å². The van der Waals surface area contributed by atoms with Gasteiger partial charge in [0.2, 0.25) is 0 Å². The molecule has 2 aromatic carbocycles. The molecule has 31 heavy (non-hydrogen) atoms. The molecule has 1 fully saturated rings. The summed E-state index contributed by atoms with van der Waals surface area (Å²) in [6.07, 6.45) is 6.99. The van der Waals surface area contributed by atoms with Crippen LogP contribution in [0.15, 0.2) is 85.2 Å². The Morgan fingerprint density at radius 1 is 0.839 bits per heavy atom. The smallest absolute Gasteiger partial charge is 0.146 e. The van der Waals surface area contributed by atoms with E-state index in [1.54, 1.807) is 6.20 Å². The van der Waals surface area contributed by atoms with E-state index < -0.39 is 0 Å². The van der Waals surface area contributed by atoms with E-state index in [1.807, 2.05) is 36.5 Å². The molecule has 1 aliphatic rings. The molecule has 0 bridgehead atoms. The molecule has 0 radical (unpaired) electrons. The predicted octanol–water partition coefficient (Wildman–Crippen LogP) is 5.38. The molecular formula is C27H27N3O. The van der Waals surface area contributed by atoms with Crippen LogP contribution in [0, 0.1) is 5.92 Å². The van der Waals surface area contributed by atoms with Crippen molar-refractivity contribution in [1.82, 2.24) is 14.9 Å². The Balaban J connectivity index is 1.43. The van der Waals surface area contributed by atoms with Gasteiger partial charge >= 0.3 is 0 Å². The van der Waals surface area contributed by atoms with Crippen molar-refractivity contribution in [2.45, 2.75) is 25.3 Å². The average Bonchev–Trinajstić information content (AvgIpc) is 2.83. The third-order valence-electron chi connectivity index (χ3n) is 6.42. The maximum atomic E-state index is 11.1. The Hall–Kier alpha value is -3.24. The number of likely N-dealkylation sites (tertiary alicyclic amines) is 1. The zero-order valence-electron chi connectivity index (χ0n) is 17.6. The normalized spacial score (nSPS) is 16.4. The van der Waals surface area contributed by atoms with Crippen LogP contribution in [0.25, 0.3) is 10.9 Å². The number of aromatic nitrogens is 2. The van der Waals surface area contributed by atoms with Gasteiger partial charge in [-0.1, -0.05) is 54.6 Å². The van der Waals surface area contributed by atoms with E-state index in [0.717, 1.165) is 49.0 Å². The lowest BCUT2D eigenvalue weighted by molar-refractivity contribution is 0.147. The van der Waals surface area contributed by atoms with Crippen LogP contribution in [0.4, 0.5) is 0 Å². The molecule has 5 rings (SSSR count). The summed E-state index contributed by atoms with van der Waals surface area (Å²) in [5, 5.41) is 12.1. The van der Waals surface area contributed by atoms with Crippen molar-refractivity contribution in [2.24, 2.45) is 5.92 Å². The number of hydrogen-bond donors (Lipinski definition) is 1. The number of nitrogens with zero attached hydrogens (tertiary/aromatic N) is 3. The number of hydrogen-bond acceptors (Lipinski definition) is 4. The van der Waals surface area contributed by atoms with Crippen LogP contribution in [-0.2, 0) is 6.42 Å². The lowest BCUT2D eigenvalue weighted by Gasteiger charge is -2.38. The number of pyridine rings is 2. The predicted molar refractivity (Wildman–Crippen MR) is 124 cm³/mol. The summed E-state index contributed by atoms with van der Waals surface area (Å²) in [4.78, 5) is 11.6. The molecule has 4 aromatic rings. The summed E-state index contributed by atoms with van der Waals surface area (Å²) in [7, 11) is 0. The lowest BCUT2D eigenvalue weighted by atomic mass is 9.88. The molecule has 3 heterocycles. The summed E-state index contributed by atoms with van der Waals surface area (Å²) >= 11 is 0. The standard InChI is InChI=1S/C27H27N3O/c31-27-23(12-11-22-9-6-16-29-25(22)27)26(24-10-4-5-15-28-24)30-17-13-21(14-18-30)19-20-7-2-1-3-8-20/h1-12,15-16,21,26,31H,13-14,17-19H2. The van der Waals surface area contributed by atoms with Gasteiger partial charge in [0.25, 0.3) is 0 Å². The number of aromatic hydroxyl groups is 1. The SMILES string of the molecule is Oc1c(C(c2ccccn2)N2CCC(Cc3ccccc3)CC2)ccc2cccnc12. The zero-order chi connectivity index (χ0) is 21.0. The van der Waals surface area contributed by atoms with Crippen molar-refractivity contribution in [2.75, 3.05) is 13.1 Å². The second-order valence-electron chi connectivity index (χ2n) is 8.40. The van der Waals surface area contributed by atoms with Gasteiger partial charge in [0, 0.05) is 23.3 Å². The van der Waals surface area contributed by atoms with Gasteiger partial charge < -0.3 is 5.11 Å². The molecule has 0 saturated carbocycles. The molecular weight excluding hydrogens is 382 g/mol.